The minimum absolute atomic E-state index is 0. The molecule has 1 aromatic heterocycles. The average Bonchev–Trinajstić information content (AvgIpc) is 2.40. The molecule has 3 heteroatoms. The summed E-state index contributed by atoms with van der Waals surface area (Å²) in [6, 6.07) is 10.7. The predicted octanol–water partition coefficient (Wildman–Crippen LogP) is 3.20. The maximum Gasteiger partial charge on any atom is 0.0413 e. The van der Waals surface area contributed by atoms with Crippen LogP contribution in [0.3, 0.4) is 0 Å². The van der Waals surface area contributed by atoms with Crippen LogP contribution in [-0.4, -0.2) is 18.1 Å². The molecule has 2 nitrogen and oxygen atoms in total. The lowest BCUT2D eigenvalue weighted by atomic mass is 9.94. The first-order valence-corrected chi connectivity index (χ1v) is 6.46. The van der Waals surface area contributed by atoms with Crippen molar-refractivity contribution in [1.82, 2.24) is 10.3 Å². The van der Waals surface area contributed by atoms with Crippen molar-refractivity contribution in [2.45, 2.75) is 19.3 Å². The van der Waals surface area contributed by atoms with Crippen molar-refractivity contribution >= 4 is 23.2 Å². The Morgan fingerprint density at radius 1 is 1.22 bits per heavy atom. The highest BCUT2D eigenvalue weighted by Gasteiger charge is 2.14. The number of rotatable bonds is 2. The number of pyridine rings is 1. The topological polar surface area (TPSA) is 24.9 Å². The van der Waals surface area contributed by atoms with Crippen molar-refractivity contribution in [3.05, 3.63) is 42.2 Å². The van der Waals surface area contributed by atoms with E-state index in [0.29, 0.717) is 0 Å². The Labute approximate surface area is 114 Å². The van der Waals surface area contributed by atoms with E-state index in [9.17, 15) is 0 Å². The summed E-state index contributed by atoms with van der Waals surface area (Å²) in [6.45, 7) is 2.33. The van der Waals surface area contributed by atoms with Gasteiger partial charge in [0.1, 0.15) is 0 Å². The Morgan fingerprint density at radius 2 is 2.06 bits per heavy atom. The molecular weight excluding hydrogens is 244 g/mol. The average molecular weight is 263 g/mol. The third-order valence-corrected chi connectivity index (χ3v) is 3.58. The maximum absolute atomic E-state index is 4.57. The summed E-state index contributed by atoms with van der Waals surface area (Å²) in [7, 11) is 0. The van der Waals surface area contributed by atoms with E-state index in [1.54, 1.807) is 0 Å². The summed E-state index contributed by atoms with van der Waals surface area (Å²) in [5, 5.41) is 6.01. The highest BCUT2D eigenvalue weighted by Crippen LogP contribution is 2.18. The predicted molar refractivity (Wildman–Crippen MR) is 78.3 cm³/mol. The van der Waals surface area contributed by atoms with E-state index in [0.717, 1.165) is 18.9 Å². The number of benzene rings is 1. The van der Waals surface area contributed by atoms with Gasteiger partial charge in [0.2, 0.25) is 0 Å². The molecule has 1 fully saturated rings. The summed E-state index contributed by atoms with van der Waals surface area (Å²) in [5.41, 5.74) is 1.23. The van der Waals surface area contributed by atoms with Gasteiger partial charge in [0.15, 0.2) is 0 Å². The van der Waals surface area contributed by atoms with E-state index in [1.165, 1.54) is 35.9 Å². The van der Waals surface area contributed by atoms with Crippen molar-refractivity contribution in [3.8, 4) is 0 Å². The molecule has 1 N–H and O–H groups in total. The van der Waals surface area contributed by atoms with Crippen molar-refractivity contribution in [1.29, 1.82) is 0 Å². The Bertz CT molecular complexity index is 507. The zero-order chi connectivity index (χ0) is 11.5. The lowest BCUT2D eigenvalue weighted by molar-refractivity contribution is 0.374. The maximum atomic E-state index is 4.57. The normalized spacial score (nSPS) is 19.4. The largest absolute Gasteiger partial charge is 0.316 e. The smallest absolute Gasteiger partial charge is 0.0413 e. The zero-order valence-electron chi connectivity index (χ0n) is 10.4. The van der Waals surface area contributed by atoms with E-state index in [2.05, 4.69) is 40.6 Å². The third kappa shape index (κ3) is 3.01. The van der Waals surface area contributed by atoms with E-state index < -0.39 is 0 Å². The quantitative estimate of drug-likeness (QED) is 0.899. The van der Waals surface area contributed by atoms with Gasteiger partial charge in [-0.05, 0) is 49.7 Å². The van der Waals surface area contributed by atoms with Crippen LogP contribution < -0.4 is 5.32 Å². The van der Waals surface area contributed by atoms with E-state index in [1.807, 2.05) is 6.20 Å². The third-order valence-electron chi connectivity index (χ3n) is 3.58. The number of hydrogen-bond acceptors (Lipinski definition) is 2. The fourth-order valence-electron chi connectivity index (χ4n) is 2.63. The standard InChI is InChI=1S/C15H18N2.ClH/c1-2-6-14-11-17-15(9-13(14)5-1)8-12-4-3-7-16-10-12;/h1-2,5-6,9,11-12,16H,3-4,7-8,10H2;1H. The van der Waals surface area contributed by atoms with Gasteiger partial charge in [-0.2, -0.15) is 0 Å². The van der Waals surface area contributed by atoms with Crippen molar-refractivity contribution in [2.75, 3.05) is 13.1 Å². The van der Waals surface area contributed by atoms with E-state index in [4.69, 9.17) is 0 Å². The molecule has 0 aliphatic carbocycles. The second-order valence-electron chi connectivity index (χ2n) is 4.94. The van der Waals surface area contributed by atoms with Gasteiger partial charge in [0.05, 0.1) is 0 Å². The fraction of sp³-hybridized carbons (Fsp3) is 0.400. The van der Waals surface area contributed by atoms with E-state index in [-0.39, 0.29) is 12.4 Å². The molecule has 0 radical (unpaired) electrons. The van der Waals surface area contributed by atoms with Crippen LogP contribution in [0.4, 0.5) is 0 Å². The summed E-state index contributed by atoms with van der Waals surface area (Å²) in [4.78, 5) is 4.57. The summed E-state index contributed by atoms with van der Waals surface area (Å²) in [5.74, 6) is 0.761. The first-order valence-electron chi connectivity index (χ1n) is 6.46. The van der Waals surface area contributed by atoms with Crippen LogP contribution in [0.25, 0.3) is 10.8 Å². The van der Waals surface area contributed by atoms with Gasteiger partial charge in [-0.3, -0.25) is 4.98 Å². The number of nitrogens with zero attached hydrogens (tertiary/aromatic N) is 1. The van der Waals surface area contributed by atoms with Crippen molar-refractivity contribution in [2.24, 2.45) is 5.92 Å². The number of halogens is 1. The molecule has 1 saturated heterocycles. The van der Waals surface area contributed by atoms with Crippen LogP contribution in [-0.2, 0) is 6.42 Å². The number of nitrogens with one attached hydrogen (secondary N) is 1. The zero-order valence-corrected chi connectivity index (χ0v) is 11.2. The molecule has 18 heavy (non-hydrogen) atoms. The fourth-order valence-corrected chi connectivity index (χ4v) is 2.63. The molecule has 1 aliphatic heterocycles. The first kappa shape index (κ1) is 13.3. The lowest BCUT2D eigenvalue weighted by Gasteiger charge is -2.22. The van der Waals surface area contributed by atoms with Crippen molar-refractivity contribution < 1.29 is 0 Å². The van der Waals surface area contributed by atoms with Crippen LogP contribution in [0.5, 0.6) is 0 Å². The van der Waals surface area contributed by atoms with Gasteiger partial charge < -0.3 is 5.32 Å². The molecule has 3 rings (SSSR count). The Kier molecular flexibility index (Phi) is 4.56. The molecule has 1 unspecified atom stereocenters. The van der Waals surface area contributed by atoms with Gasteiger partial charge in [-0.1, -0.05) is 24.3 Å². The van der Waals surface area contributed by atoms with Crippen LogP contribution >= 0.6 is 12.4 Å². The second kappa shape index (κ2) is 6.17. The van der Waals surface area contributed by atoms with Crippen LogP contribution in [0, 0.1) is 5.92 Å². The number of piperidine rings is 1. The van der Waals surface area contributed by atoms with Gasteiger partial charge >= 0.3 is 0 Å². The van der Waals surface area contributed by atoms with Gasteiger partial charge in [0, 0.05) is 17.3 Å². The summed E-state index contributed by atoms with van der Waals surface area (Å²) >= 11 is 0. The molecule has 1 aromatic carbocycles. The highest BCUT2D eigenvalue weighted by atomic mass is 35.5. The van der Waals surface area contributed by atoms with Gasteiger partial charge in [0.25, 0.3) is 0 Å². The Hall–Kier alpha value is -1.12. The molecule has 2 aromatic rings. The lowest BCUT2D eigenvalue weighted by Crippen LogP contribution is -2.31. The molecule has 0 bridgehead atoms. The molecule has 1 aliphatic rings. The van der Waals surface area contributed by atoms with Crippen LogP contribution in [0.1, 0.15) is 18.5 Å². The summed E-state index contributed by atoms with van der Waals surface area (Å²) < 4.78 is 0. The molecule has 0 spiro atoms. The minimum atomic E-state index is 0. The number of fused-ring (bicyclic) bond motifs is 1. The Balaban J connectivity index is 0.00000120. The molecule has 0 amide bonds. The molecule has 0 saturated carbocycles. The molecule has 2 heterocycles. The monoisotopic (exact) mass is 262 g/mol. The number of hydrogen-bond donors (Lipinski definition) is 1. The molecular formula is C15H19ClN2. The van der Waals surface area contributed by atoms with Gasteiger partial charge in [-0.25, -0.2) is 0 Å². The van der Waals surface area contributed by atoms with Gasteiger partial charge in [-0.15, -0.1) is 12.4 Å². The Morgan fingerprint density at radius 3 is 2.83 bits per heavy atom. The second-order valence-corrected chi connectivity index (χ2v) is 4.94. The minimum Gasteiger partial charge on any atom is -0.316 e. The van der Waals surface area contributed by atoms with Crippen LogP contribution in [0.2, 0.25) is 0 Å². The van der Waals surface area contributed by atoms with E-state index >= 15 is 0 Å². The van der Waals surface area contributed by atoms with Crippen molar-refractivity contribution in [3.63, 3.8) is 0 Å². The highest BCUT2D eigenvalue weighted by molar-refractivity contribution is 5.85. The first-order chi connectivity index (χ1) is 8.42. The number of aromatic nitrogens is 1. The molecule has 1 atom stereocenters. The SMILES string of the molecule is Cl.c1ccc2cc(CC3CCCNC3)ncc2c1. The van der Waals surface area contributed by atoms with Crippen LogP contribution in [0.15, 0.2) is 36.5 Å². The molecule has 96 valence electrons. The summed E-state index contributed by atoms with van der Waals surface area (Å²) in [6.07, 6.45) is 5.75.